The summed E-state index contributed by atoms with van der Waals surface area (Å²) in [6.07, 6.45) is 0.360. The van der Waals surface area contributed by atoms with Crippen LogP contribution in [0.1, 0.15) is 30.5 Å². The smallest absolute Gasteiger partial charge is 0.317 e. The molecule has 3 amide bonds. The molecule has 0 bridgehead atoms. The maximum Gasteiger partial charge on any atom is 0.317 e. The summed E-state index contributed by atoms with van der Waals surface area (Å²) in [6.45, 7) is 2.11. The van der Waals surface area contributed by atoms with Gasteiger partial charge >= 0.3 is 6.03 Å². The summed E-state index contributed by atoms with van der Waals surface area (Å²) in [7, 11) is 1.54. The Balaban J connectivity index is 1.89. The molecule has 29 heavy (non-hydrogen) atoms. The SMILES string of the molecule is CCNC(=O)N(C)CC(=O)N1N=C(c2ccccc2F)C[C@@H]1c1ccc(Cl)cc1. The lowest BCUT2D eigenvalue weighted by molar-refractivity contribution is -0.133. The quantitative estimate of drug-likeness (QED) is 0.805. The van der Waals surface area contributed by atoms with Gasteiger partial charge in [-0.05, 0) is 30.7 Å². The fourth-order valence-electron chi connectivity index (χ4n) is 3.18. The third-order valence-electron chi connectivity index (χ3n) is 4.65. The lowest BCUT2D eigenvalue weighted by atomic mass is 9.98. The van der Waals surface area contributed by atoms with Crippen molar-refractivity contribution in [2.75, 3.05) is 20.1 Å². The lowest BCUT2D eigenvalue weighted by Gasteiger charge is -2.25. The number of hydrogen-bond acceptors (Lipinski definition) is 3. The van der Waals surface area contributed by atoms with Crippen LogP contribution in [-0.4, -0.2) is 47.7 Å². The maximum absolute atomic E-state index is 14.3. The number of hydrogen-bond donors (Lipinski definition) is 1. The van der Waals surface area contributed by atoms with Crippen LogP contribution >= 0.6 is 11.6 Å². The third kappa shape index (κ3) is 4.74. The minimum Gasteiger partial charge on any atom is -0.338 e. The zero-order chi connectivity index (χ0) is 21.0. The predicted octanol–water partition coefficient (Wildman–Crippen LogP) is 3.82. The monoisotopic (exact) mass is 416 g/mol. The molecule has 2 aromatic carbocycles. The van der Waals surface area contributed by atoms with Gasteiger partial charge in [0, 0.05) is 30.6 Å². The molecular weight excluding hydrogens is 395 g/mol. The molecule has 1 heterocycles. The van der Waals surface area contributed by atoms with E-state index in [1.165, 1.54) is 23.0 Å². The van der Waals surface area contributed by atoms with Gasteiger partial charge in [0.25, 0.3) is 5.91 Å². The highest BCUT2D eigenvalue weighted by molar-refractivity contribution is 6.30. The van der Waals surface area contributed by atoms with Crippen LogP contribution in [0.5, 0.6) is 0 Å². The van der Waals surface area contributed by atoms with Crippen LogP contribution in [0.4, 0.5) is 9.18 Å². The van der Waals surface area contributed by atoms with E-state index in [2.05, 4.69) is 10.4 Å². The average Bonchev–Trinajstić information content (AvgIpc) is 3.14. The van der Waals surface area contributed by atoms with E-state index in [1.54, 1.807) is 37.3 Å². The first kappa shape index (κ1) is 20.8. The van der Waals surface area contributed by atoms with Gasteiger partial charge in [0.05, 0.1) is 11.8 Å². The van der Waals surface area contributed by atoms with E-state index in [9.17, 15) is 14.0 Å². The van der Waals surface area contributed by atoms with Gasteiger partial charge in [-0.25, -0.2) is 14.2 Å². The molecule has 0 aliphatic carbocycles. The summed E-state index contributed by atoms with van der Waals surface area (Å²) < 4.78 is 14.3. The number of nitrogens with one attached hydrogen (secondary N) is 1. The highest BCUT2D eigenvalue weighted by Gasteiger charge is 2.34. The van der Waals surface area contributed by atoms with Gasteiger partial charge in [-0.1, -0.05) is 41.9 Å². The highest BCUT2D eigenvalue weighted by atomic mass is 35.5. The van der Waals surface area contributed by atoms with Gasteiger partial charge in [-0.3, -0.25) is 4.79 Å². The Hall–Kier alpha value is -2.93. The summed E-state index contributed by atoms with van der Waals surface area (Å²) in [4.78, 5) is 26.2. The predicted molar refractivity (Wildman–Crippen MR) is 110 cm³/mol. The Morgan fingerprint density at radius 1 is 1.24 bits per heavy atom. The number of amides is 3. The second-order valence-corrected chi connectivity index (χ2v) is 7.16. The molecule has 0 saturated heterocycles. The molecule has 1 N–H and O–H groups in total. The molecule has 3 rings (SSSR count). The van der Waals surface area contributed by atoms with Crippen molar-refractivity contribution in [3.8, 4) is 0 Å². The Bertz CT molecular complexity index is 933. The van der Waals surface area contributed by atoms with Crippen molar-refractivity contribution in [1.82, 2.24) is 15.2 Å². The van der Waals surface area contributed by atoms with Crippen molar-refractivity contribution in [2.24, 2.45) is 5.10 Å². The fourth-order valence-corrected chi connectivity index (χ4v) is 3.30. The Labute approximate surface area is 173 Å². The largest absolute Gasteiger partial charge is 0.338 e. The summed E-state index contributed by atoms with van der Waals surface area (Å²) >= 11 is 5.99. The average molecular weight is 417 g/mol. The summed E-state index contributed by atoms with van der Waals surface area (Å²) in [6, 6.07) is 12.7. The van der Waals surface area contributed by atoms with E-state index in [1.807, 2.05) is 12.1 Å². The Kier molecular flexibility index (Phi) is 6.49. The van der Waals surface area contributed by atoms with Gasteiger partial charge in [0.1, 0.15) is 12.4 Å². The van der Waals surface area contributed by atoms with E-state index in [4.69, 9.17) is 11.6 Å². The van der Waals surface area contributed by atoms with Crippen LogP contribution in [0.15, 0.2) is 53.6 Å². The van der Waals surface area contributed by atoms with Gasteiger partial charge in [-0.15, -0.1) is 0 Å². The lowest BCUT2D eigenvalue weighted by Crippen LogP contribution is -2.43. The number of hydrazone groups is 1. The molecule has 0 unspecified atom stereocenters. The van der Waals surface area contributed by atoms with Gasteiger partial charge in [0.15, 0.2) is 0 Å². The summed E-state index contributed by atoms with van der Waals surface area (Å²) in [5, 5.41) is 8.99. The Morgan fingerprint density at radius 3 is 2.59 bits per heavy atom. The number of carbonyl (C=O) groups is 2. The molecule has 2 aromatic rings. The molecule has 0 radical (unpaired) electrons. The van der Waals surface area contributed by atoms with Crippen LogP contribution < -0.4 is 5.32 Å². The van der Waals surface area contributed by atoms with E-state index in [-0.39, 0.29) is 18.5 Å². The molecular formula is C21H22ClFN4O2. The third-order valence-corrected chi connectivity index (χ3v) is 4.90. The second-order valence-electron chi connectivity index (χ2n) is 6.73. The van der Waals surface area contributed by atoms with Crippen LogP contribution in [0.3, 0.4) is 0 Å². The number of halogens is 2. The van der Waals surface area contributed by atoms with E-state index in [0.717, 1.165) is 5.56 Å². The van der Waals surface area contributed by atoms with Crippen LogP contribution in [-0.2, 0) is 4.79 Å². The highest BCUT2D eigenvalue weighted by Crippen LogP contribution is 2.34. The molecule has 6 nitrogen and oxygen atoms in total. The van der Waals surface area contributed by atoms with Crippen LogP contribution in [0, 0.1) is 5.82 Å². The fraction of sp³-hybridized carbons (Fsp3) is 0.286. The molecule has 0 aromatic heterocycles. The van der Waals surface area contributed by atoms with Crippen molar-refractivity contribution < 1.29 is 14.0 Å². The minimum absolute atomic E-state index is 0.149. The van der Waals surface area contributed by atoms with Gasteiger partial charge in [0.2, 0.25) is 0 Å². The first-order valence-electron chi connectivity index (χ1n) is 9.29. The first-order valence-corrected chi connectivity index (χ1v) is 9.67. The normalized spacial score (nSPS) is 15.8. The molecule has 1 aliphatic heterocycles. The molecule has 1 atom stereocenters. The summed E-state index contributed by atoms with van der Waals surface area (Å²) in [5.41, 5.74) is 1.68. The van der Waals surface area contributed by atoms with Crippen molar-refractivity contribution in [2.45, 2.75) is 19.4 Å². The standard InChI is InChI=1S/C21H22ClFN4O2/c1-3-24-21(29)26(2)13-20(28)27-19(14-8-10-15(22)11-9-14)12-18(25-27)16-6-4-5-7-17(16)23/h4-11,19H,3,12-13H2,1-2H3,(H,24,29)/t19-/m1/s1. The van der Waals surface area contributed by atoms with E-state index in [0.29, 0.717) is 29.3 Å². The van der Waals surface area contributed by atoms with Gasteiger partial charge < -0.3 is 10.2 Å². The number of carbonyl (C=O) groups excluding carboxylic acids is 2. The van der Waals surface area contributed by atoms with Crippen molar-refractivity contribution in [1.29, 1.82) is 0 Å². The van der Waals surface area contributed by atoms with E-state index >= 15 is 0 Å². The maximum atomic E-state index is 14.3. The number of nitrogens with zero attached hydrogens (tertiary/aromatic N) is 3. The molecule has 8 heteroatoms. The molecule has 0 fully saturated rings. The molecule has 152 valence electrons. The number of benzene rings is 2. The zero-order valence-corrected chi connectivity index (χ0v) is 17.0. The van der Waals surface area contributed by atoms with Crippen molar-refractivity contribution >= 4 is 29.3 Å². The van der Waals surface area contributed by atoms with E-state index < -0.39 is 11.9 Å². The van der Waals surface area contributed by atoms with Crippen molar-refractivity contribution in [3.63, 3.8) is 0 Å². The second kappa shape index (κ2) is 9.05. The molecule has 0 saturated carbocycles. The topological polar surface area (TPSA) is 65.0 Å². The number of likely N-dealkylation sites (N-methyl/N-ethyl adjacent to an activating group) is 1. The number of rotatable bonds is 5. The minimum atomic E-state index is -0.406. The molecule has 0 spiro atoms. The summed E-state index contributed by atoms with van der Waals surface area (Å²) in [5.74, 6) is -0.750. The molecule has 1 aliphatic rings. The zero-order valence-electron chi connectivity index (χ0n) is 16.2. The van der Waals surface area contributed by atoms with Crippen LogP contribution in [0.25, 0.3) is 0 Å². The van der Waals surface area contributed by atoms with Crippen molar-refractivity contribution in [3.05, 3.63) is 70.5 Å². The first-order chi connectivity index (χ1) is 13.9. The number of urea groups is 1. The van der Waals surface area contributed by atoms with Crippen LogP contribution in [0.2, 0.25) is 5.02 Å². The van der Waals surface area contributed by atoms with Gasteiger partial charge in [-0.2, -0.15) is 5.10 Å². The Morgan fingerprint density at radius 2 is 1.93 bits per heavy atom.